The van der Waals surface area contributed by atoms with E-state index >= 15 is 0 Å². The standard InChI is InChI=1S/C11H19N/c1-2-3-4-5-6-10-9-11(10)7-8-12/h10-11H,2-7,9H2,1H3/t10-,11-/m1/s1. The molecule has 0 N–H and O–H groups in total. The van der Waals surface area contributed by atoms with Crippen molar-refractivity contribution in [2.45, 2.75) is 51.9 Å². The van der Waals surface area contributed by atoms with Gasteiger partial charge < -0.3 is 0 Å². The summed E-state index contributed by atoms with van der Waals surface area (Å²) in [5, 5.41) is 8.45. The second-order valence-electron chi connectivity index (χ2n) is 3.97. The Labute approximate surface area is 75.8 Å². The first-order valence-electron chi connectivity index (χ1n) is 5.25. The maximum Gasteiger partial charge on any atom is 0.0624 e. The molecule has 0 saturated heterocycles. The second-order valence-corrected chi connectivity index (χ2v) is 3.97. The van der Waals surface area contributed by atoms with Gasteiger partial charge in [-0.2, -0.15) is 5.26 Å². The Morgan fingerprint density at radius 2 is 2.08 bits per heavy atom. The summed E-state index contributed by atoms with van der Waals surface area (Å²) in [6.45, 7) is 2.25. The highest BCUT2D eigenvalue weighted by molar-refractivity contribution is 4.92. The van der Waals surface area contributed by atoms with Gasteiger partial charge in [-0.15, -0.1) is 0 Å². The van der Waals surface area contributed by atoms with Crippen LogP contribution in [0.2, 0.25) is 0 Å². The molecule has 0 aromatic rings. The van der Waals surface area contributed by atoms with Gasteiger partial charge in [0.1, 0.15) is 0 Å². The van der Waals surface area contributed by atoms with Gasteiger partial charge in [-0.3, -0.25) is 0 Å². The predicted molar refractivity (Wildman–Crippen MR) is 50.6 cm³/mol. The fourth-order valence-corrected chi connectivity index (χ4v) is 1.86. The second kappa shape index (κ2) is 5.19. The van der Waals surface area contributed by atoms with Gasteiger partial charge >= 0.3 is 0 Å². The molecule has 68 valence electrons. The van der Waals surface area contributed by atoms with E-state index in [4.69, 9.17) is 5.26 Å². The van der Waals surface area contributed by atoms with Gasteiger partial charge in [0.15, 0.2) is 0 Å². The zero-order valence-electron chi connectivity index (χ0n) is 8.05. The fraction of sp³-hybridized carbons (Fsp3) is 0.909. The maximum absolute atomic E-state index is 8.45. The van der Waals surface area contributed by atoms with Crippen molar-refractivity contribution in [1.29, 1.82) is 5.26 Å². The lowest BCUT2D eigenvalue weighted by Crippen LogP contribution is -1.83. The number of hydrogen-bond donors (Lipinski definition) is 0. The lowest BCUT2D eigenvalue weighted by Gasteiger charge is -1.97. The largest absolute Gasteiger partial charge is 0.198 e. The van der Waals surface area contributed by atoms with Gasteiger partial charge in [0.05, 0.1) is 6.07 Å². The Bertz CT molecular complexity index is 157. The Morgan fingerprint density at radius 1 is 1.25 bits per heavy atom. The van der Waals surface area contributed by atoms with Crippen LogP contribution < -0.4 is 0 Å². The van der Waals surface area contributed by atoms with Gasteiger partial charge in [-0.25, -0.2) is 0 Å². The van der Waals surface area contributed by atoms with Gasteiger partial charge in [0.2, 0.25) is 0 Å². The van der Waals surface area contributed by atoms with Crippen molar-refractivity contribution in [3.8, 4) is 6.07 Å². The third-order valence-electron chi connectivity index (χ3n) is 2.85. The lowest BCUT2D eigenvalue weighted by molar-refractivity contribution is 0.569. The molecule has 0 amide bonds. The first-order valence-corrected chi connectivity index (χ1v) is 5.25. The summed E-state index contributed by atoms with van der Waals surface area (Å²) in [6, 6.07) is 2.26. The molecule has 0 aromatic heterocycles. The molecule has 0 unspecified atom stereocenters. The third-order valence-corrected chi connectivity index (χ3v) is 2.85. The summed E-state index contributed by atoms with van der Waals surface area (Å²) < 4.78 is 0. The molecule has 1 fully saturated rings. The quantitative estimate of drug-likeness (QED) is 0.552. The van der Waals surface area contributed by atoms with Crippen LogP contribution in [0.4, 0.5) is 0 Å². The molecule has 1 nitrogen and oxygen atoms in total. The summed E-state index contributed by atoms with van der Waals surface area (Å²) in [6.07, 6.45) is 9.01. The van der Waals surface area contributed by atoms with Gasteiger partial charge in [0.25, 0.3) is 0 Å². The van der Waals surface area contributed by atoms with Crippen LogP contribution in [0.15, 0.2) is 0 Å². The molecule has 1 aliphatic carbocycles. The van der Waals surface area contributed by atoms with Crippen LogP contribution >= 0.6 is 0 Å². The van der Waals surface area contributed by atoms with Gasteiger partial charge in [-0.1, -0.05) is 39.0 Å². The van der Waals surface area contributed by atoms with E-state index in [1.165, 1.54) is 38.5 Å². The van der Waals surface area contributed by atoms with Crippen LogP contribution in [-0.4, -0.2) is 0 Å². The summed E-state index contributed by atoms with van der Waals surface area (Å²) >= 11 is 0. The average molecular weight is 165 g/mol. The number of nitriles is 1. The van der Waals surface area contributed by atoms with E-state index in [2.05, 4.69) is 13.0 Å². The normalized spacial score (nSPS) is 26.7. The number of nitrogens with zero attached hydrogens (tertiary/aromatic N) is 1. The predicted octanol–water partition coefficient (Wildman–Crippen LogP) is 3.51. The van der Waals surface area contributed by atoms with Gasteiger partial charge in [-0.05, 0) is 18.3 Å². The highest BCUT2D eigenvalue weighted by atomic mass is 14.4. The van der Waals surface area contributed by atoms with E-state index < -0.39 is 0 Å². The molecule has 1 rings (SSSR count). The third kappa shape index (κ3) is 3.26. The van der Waals surface area contributed by atoms with Crippen LogP contribution in [0.25, 0.3) is 0 Å². The molecule has 1 aliphatic rings. The van der Waals surface area contributed by atoms with Crippen molar-refractivity contribution in [3.63, 3.8) is 0 Å². The topological polar surface area (TPSA) is 23.8 Å². The van der Waals surface area contributed by atoms with Crippen molar-refractivity contribution in [3.05, 3.63) is 0 Å². The number of unbranched alkanes of at least 4 members (excludes halogenated alkanes) is 3. The van der Waals surface area contributed by atoms with Crippen LogP contribution in [-0.2, 0) is 0 Å². The molecule has 2 atom stereocenters. The van der Waals surface area contributed by atoms with E-state index in [1.807, 2.05) is 0 Å². The minimum absolute atomic E-state index is 0.775. The summed E-state index contributed by atoms with van der Waals surface area (Å²) in [7, 11) is 0. The summed E-state index contributed by atoms with van der Waals surface area (Å²) in [5.41, 5.74) is 0. The zero-order valence-corrected chi connectivity index (χ0v) is 8.05. The highest BCUT2D eigenvalue weighted by Crippen LogP contribution is 2.44. The molecule has 0 radical (unpaired) electrons. The average Bonchev–Trinajstić information content (AvgIpc) is 2.79. The number of hydrogen-bond acceptors (Lipinski definition) is 1. The minimum atomic E-state index is 0.775. The molecule has 0 aliphatic heterocycles. The first-order chi connectivity index (χ1) is 5.88. The highest BCUT2D eigenvalue weighted by Gasteiger charge is 2.35. The molecular formula is C11H19N. The van der Waals surface area contributed by atoms with Crippen LogP contribution in [0.3, 0.4) is 0 Å². The van der Waals surface area contributed by atoms with E-state index in [0.29, 0.717) is 0 Å². The van der Waals surface area contributed by atoms with Crippen LogP contribution in [0.1, 0.15) is 51.9 Å². The lowest BCUT2D eigenvalue weighted by atomic mass is 10.1. The summed E-state index contributed by atoms with van der Waals surface area (Å²) in [4.78, 5) is 0. The van der Waals surface area contributed by atoms with Crippen molar-refractivity contribution >= 4 is 0 Å². The maximum atomic E-state index is 8.45. The zero-order chi connectivity index (χ0) is 8.81. The van der Waals surface area contributed by atoms with Crippen LogP contribution in [0.5, 0.6) is 0 Å². The Balaban J connectivity index is 1.87. The summed E-state index contributed by atoms with van der Waals surface area (Å²) in [5.74, 6) is 1.69. The first kappa shape index (κ1) is 9.58. The van der Waals surface area contributed by atoms with E-state index in [0.717, 1.165) is 18.3 Å². The van der Waals surface area contributed by atoms with Crippen molar-refractivity contribution in [2.24, 2.45) is 11.8 Å². The number of rotatable bonds is 6. The molecule has 1 heteroatoms. The molecular weight excluding hydrogens is 146 g/mol. The van der Waals surface area contributed by atoms with Crippen molar-refractivity contribution < 1.29 is 0 Å². The van der Waals surface area contributed by atoms with E-state index in [1.54, 1.807) is 0 Å². The molecule has 1 saturated carbocycles. The smallest absolute Gasteiger partial charge is 0.0624 e. The molecule has 0 bridgehead atoms. The Morgan fingerprint density at radius 3 is 2.75 bits per heavy atom. The molecule has 0 aromatic carbocycles. The SMILES string of the molecule is CCCCCC[C@@H]1C[C@H]1CC#N. The molecule has 0 heterocycles. The molecule has 0 spiro atoms. The monoisotopic (exact) mass is 165 g/mol. The van der Waals surface area contributed by atoms with Crippen molar-refractivity contribution in [2.75, 3.05) is 0 Å². The van der Waals surface area contributed by atoms with Crippen molar-refractivity contribution in [1.82, 2.24) is 0 Å². The van der Waals surface area contributed by atoms with Gasteiger partial charge in [0, 0.05) is 6.42 Å². The Hall–Kier alpha value is -0.510. The minimum Gasteiger partial charge on any atom is -0.198 e. The van der Waals surface area contributed by atoms with E-state index in [9.17, 15) is 0 Å². The van der Waals surface area contributed by atoms with Crippen LogP contribution in [0, 0.1) is 23.2 Å². The van der Waals surface area contributed by atoms with E-state index in [-0.39, 0.29) is 0 Å². The fourth-order valence-electron chi connectivity index (χ4n) is 1.86. The molecule has 12 heavy (non-hydrogen) atoms. The Kier molecular flexibility index (Phi) is 4.14.